The predicted octanol–water partition coefficient (Wildman–Crippen LogP) is 3.19. The van der Waals surface area contributed by atoms with Crippen LogP contribution in [0.1, 0.15) is 17.8 Å². The predicted molar refractivity (Wildman–Crippen MR) is 93.0 cm³/mol. The summed E-state index contributed by atoms with van der Waals surface area (Å²) in [6.07, 6.45) is 6.54. The molecule has 0 bridgehead atoms. The van der Waals surface area contributed by atoms with Crippen molar-refractivity contribution in [1.82, 2.24) is 15.6 Å². The molecule has 1 aromatic carbocycles. The summed E-state index contributed by atoms with van der Waals surface area (Å²) < 4.78 is 0. The van der Waals surface area contributed by atoms with Gasteiger partial charge in [0.1, 0.15) is 5.01 Å². The van der Waals surface area contributed by atoms with Crippen LogP contribution in [0.25, 0.3) is 11.3 Å². The van der Waals surface area contributed by atoms with Gasteiger partial charge in [0.25, 0.3) is 0 Å². The van der Waals surface area contributed by atoms with Crippen LogP contribution in [0.15, 0.2) is 52.9 Å². The van der Waals surface area contributed by atoms with E-state index in [1.165, 1.54) is 0 Å². The highest BCUT2D eigenvalue weighted by atomic mass is 32.1. The van der Waals surface area contributed by atoms with Gasteiger partial charge in [-0.05, 0) is 12.8 Å². The fourth-order valence-corrected chi connectivity index (χ4v) is 3.16. The van der Waals surface area contributed by atoms with Gasteiger partial charge in [-0.2, -0.15) is 0 Å². The van der Waals surface area contributed by atoms with Crippen LogP contribution >= 0.6 is 11.3 Å². The molecule has 114 valence electrons. The maximum Gasteiger partial charge on any atom is 0.191 e. The van der Waals surface area contributed by atoms with Crippen LogP contribution in [-0.4, -0.2) is 24.0 Å². The lowest BCUT2D eigenvalue weighted by atomic mass is 10.2. The molecule has 1 aromatic heterocycles. The van der Waals surface area contributed by atoms with E-state index in [-0.39, 0.29) is 0 Å². The van der Waals surface area contributed by atoms with Gasteiger partial charge in [-0.15, -0.1) is 11.3 Å². The van der Waals surface area contributed by atoms with E-state index in [1.807, 2.05) is 18.2 Å². The number of benzene rings is 1. The van der Waals surface area contributed by atoms with Crippen molar-refractivity contribution in [3.63, 3.8) is 0 Å². The standard InChI is InChI=1S/C17H20N4S/c1-18-17(20-14-9-5-6-10-14)19-11-16-21-15(12-22-16)13-7-3-2-4-8-13/h2-8,12,14H,9-11H2,1H3,(H2,18,19,20). The highest BCUT2D eigenvalue weighted by molar-refractivity contribution is 7.09. The van der Waals surface area contributed by atoms with E-state index in [1.54, 1.807) is 18.4 Å². The Labute approximate surface area is 135 Å². The van der Waals surface area contributed by atoms with E-state index in [9.17, 15) is 0 Å². The summed E-state index contributed by atoms with van der Waals surface area (Å²) in [4.78, 5) is 8.95. The third kappa shape index (κ3) is 3.74. The Balaban J connectivity index is 1.56. The fourth-order valence-electron chi connectivity index (χ4n) is 2.42. The van der Waals surface area contributed by atoms with E-state index >= 15 is 0 Å². The zero-order chi connectivity index (χ0) is 15.2. The van der Waals surface area contributed by atoms with E-state index in [2.05, 4.69) is 50.3 Å². The number of aromatic nitrogens is 1. The first-order chi connectivity index (χ1) is 10.8. The Morgan fingerprint density at radius 2 is 2.05 bits per heavy atom. The maximum absolute atomic E-state index is 4.68. The Morgan fingerprint density at radius 3 is 2.77 bits per heavy atom. The number of nitrogens with zero attached hydrogens (tertiary/aromatic N) is 2. The highest BCUT2D eigenvalue weighted by Gasteiger charge is 2.12. The van der Waals surface area contributed by atoms with Gasteiger partial charge >= 0.3 is 0 Å². The van der Waals surface area contributed by atoms with Crippen molar-refractivity contribution in [3.05, 3.63) is 52.9 Å². The topological polar surface area (TPSA) is 49.3 Å². The van der Waals surface area contributed by atoms with E-state index in [0.29, 0.717) is 12.6 Å². The number of thiazole rings is 1. The average molecular weight is 312 g/mol. The van der Waals surface area contributed by atoms with Crippen molar-refractivity contribution in [2.24, 2.45) is 4.99 Å². The third-order valence-electron chi connectivity index (χ3n) is 3.60. The quantitative estimate of drug-likeness (QED) is 0.518. The summed E-state index contributed by atoms with van der Waals surface area (Å²) in [5.41, 5.74) is 2.19. The van der Waals surface area contributed by atoms with Crippen LogP contribution in [0.5, 0.6) is 0 Å². The molecule has 0 aliphatic heterocycles. The van der Waals surface area contributed by atoms with Crippen molar-refractivity contribution in [2.75, 3.05) is 7.05 Å². The molecule has 1 aliphatic rings. The van der Waals surface area contributed by atoms with Crippen molar-refractivity contribution >= 4 is 17.3 Å². The van der Waals surface area contributed by atoms with Crippen LogP contribution in [0, 0.1) is 0 Å². The molecule has 4 nitrogen and oxygen atoms in total. The molecule has 2 N–H and O–H groups in total. The normalized spacial score (nSPS) is 15.2. The summed E-state index contributed by atoms with van der Waals surface area (Å²) in [7, 11) is 1.80. The average Bonchev–Trinajstić information content (AvgIpc) is 3.24. The Kier molecular flexibility index (Phi) is 4.85. The number of guanidine groups is 1. The second-order valence-corrected chi connectivity index (χ2v) is 6.15. The monoisotopic (exact) mass is 312 g/mol. The Morgan fingerprint density at radius 1 is 1.27 bits per heavy atom. The first kappa shape index (κ1) is 14.8. The SMILES string of the molecule is CN=C(NCc1nc(-c2ccccc2)cs1)NC1CC=CC1. The lowest BCUT2D eigenvalue weighted by molar-refractivity contribution is 0.632. The van der Waals surface area contributed by atoms with Gasteiger partial charge in [-0.3, -0.25) is 4.99 Å². The molecule has 22 heavy (non-hydrogen) atoms. The second-order valence-electron chi connectivity index (χ2n) is 5.20. The van der Waals surface area contributed by atoms with Crippen molar-refractivity contribution < 1.29 is 0 Å². The van der Waals surface area contributed by atoms with Gasteiger partial charge in [0.05, 0.1) is 12.2 Å². The van der Waals surface area contributed by atoms with E-state index in [0.717, 1.165) is 35.1 Å². The Hall–Kier alpha value is -2.14. The zero-order valence-electron chi connectivity index (χ0n) is 12.6. The number of rotatable bonds is 4. The molecular formula is C17H20N4S. The van der Waals surface area contributed by atoms with Crippen LogP contribution in [0.3, 0.4) is 0 Å². The molecule has 0 spiro atoms. The summed E-state index contributed by atoms with van der Waals surface area (Å²) in [5, 5.41) is 9.93. The van der Waals surface area contributed by atoms with Crippen molar-refractivity contribution in [2.45, 2.75) is 25.4 Å². The molecular weight excluding hydrogens is 292 g/mol. The fraction of sp³-hybridized carbons (Fsp3) is 0.294. The second kappa shape index (κ2) is 7.22. The summed E-state index contributed by atoms with van der Waals surface area (Å²) >= 11 is 1.67. The summed E-state index contributed by atoms with van der Waals surface area (Å²) in [6, 6.07) is 10.7. The van der Waals surface area contributed by atoms with Gasteiger partial charge in [0.15, 0.2) is 5.96 Å². The molecule has 0 unspecified atom stereocenters. The number of aliphatic imine (C=N–C) groups is 1. The van der Waals surface area contributed by atoms with Crippen molar-refractivity contribution in [1.29, 1.82) is 0 Å². The smallest absolute Gasteiger partial charge is 0.191 e. The molecule has 0 fully saturated rings. The summed E-state index contributed by atoms with van der Waals surface area (Å²) in [6.45, 7) is 0.692. The van der Waals surface area contributed by atoms with Crippen LogP contribution in [-0.2, 0) is 6.54 Å². The molecule has 1 aliphatic carbocycles. The molecule has 0 saturated heterocycles. The van der Waals surface area contributed by atoms with E-state index < -0.39 is 0 Å². The van der Waals surface area contributed by atoms with Gasteiger partial charge < -0.3 is 10.6 Å². The molecule has 0 saturated carbocycles. The van der Waals surface area contributed by atoms with Crippen LogP contribution in [0.4, 0.5) is 0 Å². The van der Waals surface area contributed by atoms with E-state index in [4.69, 9.17) is 0 Å². The minimum absolute atomic E-state index is 0.461. The minimum Gasteiger partial charge on any atom is -0.353 e. The van der Waals surface area contributed by atoms with Gasteiger partial charge in [0.2, 0.25) is 0 Å². The summed E-state index contributed by atoms with van der Waals surface area (Å²) in [5.74, 6) is 0.838. The van der Waals surface area contributed by atoms with Gasteiger partial charge in [0, 0.05) is 24.0 Å². The third-order valence-corrected chi connectivity index (χ3v) is 4.45. The first-order valence-electron chi connectivity index (χ1n) is 7.47. The van der Waals surface area contributed by atoms with Crippen molar-refractivity contribution in [3.8, 4) is 11.3 Å². The highest BCUT2D eigenvalue weighted by Crippen LogP contribution is 2.21. The molecule has 2 aromatic rings. The number of nitrogens with one attached hydrogen (secondary N) is 2. The number of hydrogen-bond donors (Lipinski definition) is 2. The molecule has 0 atom stereocenters. The largest absolute Gasteiger partial charge is 0.353 e. The maximum atomic E-state index is 4.68. The minimum atomic E-state index is 0.461. The molecule has 1 heterocycles. The molecule has 0 radical (unpaired) electrons. The first-order valence-corrected chi connectivity index (χ1v) is 8.35. The van der Waals surface area contributed by atoms with Crippen LogP contribution < -0.4 is 10.6 Å². The van der Waals surface area contributed by atoms with Gasteiger partial charge in [-0.1, -0.05) is 42.5 Å². The van der Waals surface area contributed by atoms with Gasteiger partial charge in [-0.25, -0.2) is 4.98 Å². The molecule has 0 amide bonds. The Bertz CT molecular complexity index is 652. The molecule has 5 heteroatoms. The van der Waals surface area contributed by atoms with Crippen LogP contribution in [0.2, 0.25) is 0 Å². The lowest BCUT2D eigenvalue weighted by Gasteiger charge is -2.16. The molecule has 3 rings (SSSR count). The number of hydrogen-bond acceptors (Lipinski definition) is 3. The zero-order valence-corrected chi connectivity index (χ0v) is 13.4. The lowest BCUT2D eigenvalue weighted by Crippen LogP contribution is -2.42.